The summed E-state index contributed by atoms with van der Waals surface area (Å²) in [5, 5.41) is 2.81. The summed E-state index contributed by atoms with van der Waals surface area (Å²) >= 11 is 0. The second-order valence-electron chi connectivity index (χ2n) is 4.58. The fourth-order valence-corrected chi connectivity index (χ4v) is 2.06. The number of hydrogen-bond donors (Lipinski definition) is 2. The lowest BCUT2D eigenvalue weighted by Crippen LogP contribution is -2.35. The zero-order valence-electron chi connectivity index (χ0n) is 11.4. The summed E-state index contributed by atoms with van der Waals surface area (Å²) in [7, 11) is 0. The summed E-state index contributed by atoms with van der Waals surface area (Å²) < 4.78 is 1.61. The van der Waals surface area contributed by atoms with E-state index in [1.165, 1.54) is 0 Å². The van der Waals surface area contributed by atoms with Crippen LogP contribution >= 0.6 is 0 Å². The topological polar surface area (TPSA) is 71.8 Å². The third-order valence-electron chi connectivity index (χ3n) is 3.10. The number of carbonyl (C=O) groups is 1. The fourth-order valence-electron chi connectivity index (χ4n) is 2.06. The molecule has 0 unspecified atom stereocenters. The first-order valence-corrected chi connectivity index (χ1v) is 6.69. The van der Waals surface area contributed by atoms with Gasteiger partial charge in [0.25, 0.3) is 0 Å². The number of benzene rings is 1. The summed E-state index contributed by atoms with van der Waals surface area (Å²) in [6, 6.07) is 11.2. The van der Waals surface area contributed by atoms with Crippen molar-refractivity contribution in [3.63, 3.8) is 0 Å². The summed E-state index contributed by atoms with van der Waals surface area (Å²) in [6.07, 6.45) is 5.86. The Morgan fingerprint density at radius 2 is 2.10 bits per heavy atom. The average Bonchev–Trinajstić information content (AvgIpc) is 2.92. The molecule has 6 heteroatoms. The van der Waals surface area contributed by atoms with Gasteiger partial charge < -0.3 is 5.32 Å². The van der Waals surface area contributed by atoms with Gasteiger partial charge in [0.15, 0.2) is 0 Å². The summed E-state index contributed by atoms with van der Waals surface area (Å²) in [5.41, 5.74) is 5.53. The van der Waals surface area contributed by atoms with E-state index in [0.29, 0.717) is 6.54 Å². The first-order chi connectivity index (χ1) is 10.3. The predicted octanol–water partition coefficient (Wildman–Crippen LogP) is 1.93. The molecular weight excluding hydrogens is 266 g/mol. The van der Waals surface area contributed by atoms with Crippen LogP contribution < -0.4 is 10.7 Å². The molecule has 0 fully saturated rings. The standard InChI is InChI=1S/C15H15N5O/c21-15(17-9-7-12-4-3-8-16-10-12)19-20-11-18-13-5-1-2-6-14(13)20/h1-6,8,10-11H,7,9H2,(H2,17,19,21). The Kier molecular flexibility index (Phi) is 3.77. The van der Waals surface area contributed by atoms with E-state index in [-0.39, 0.29) is 6.03 Å². The number of urea groups is 1. The number of para-hydroxylation sites is 2. The summed E-state index contributed by atoms with van der Waals surface area (Å²) in [5.74, 6) is 0. The second kappa shape index (κ2) is 6.04. The molecule has 0 aliphatic carbocycles. The van der Waals surface area contributed by atoms with Gasteiger partial charge in [-0.05, 0) is 30.2 Å². The van der Waals surface area contributed by atoms with Crippen LogP contribution in [0.4, 0.5) is 4.79 Å². The number of fused-ring (bicyclic) bond motifs is 1. The Morgan fingerprint density at radius 1 is 1.19 bits per heavy atom. The van der Waals surface area contributed by atoms with Gasteiger partial charge in [-0.2, -0.15) is 0 Å². The fraction of sp³-hybridized carbons (Fsp3) is 0.133. The maximum absolute atomic E-state index is 11.9. The number of imidazole rings is 1. The average molecular weight is 281 g/mol. The Bertz CT molecular complexity index is 738. The summed E-state index contributed by atoms with van der Waals surface area (Å²) in [4.78, 5) is 20.1. The largest absolute Gasteiger partial charge is 0.336 e. The third-order valence-corrected chi connectivity index (χ3v) is 3.10. The van der Waals surface area contributed by atoms with Crippen LogP contribution in [0.15, 0.2) is 55.1 Å². The maximum atomic E-state index is 11.9. The Labute approximate surface area is 121 Å². The van der Waals surface area contributed by atoms with Crippen molar-refractivity contribution in [2.75, 3.05) is 12.0 Å². The van der Waals surface area contributed by atoms with E-state index < -0.39 is 0 Å². The van der Waals surface area contributed by atoms with E-state index in [1.807, 2.05) is 36.4 Å². The molecule has 2 heterocycles. The minimum atomic E-state index is -0.262. The zero-order chi connectivity index (χ0) is 14.5. The van der Waals surface area contributed by atoms with Gasteiger partial charge in [0.05, 0.1) is 11.0 Å². The SMILES string of the molecule is O=C(NCCc1cccnc1)Nn1cnc2ccccc21. The molecule has 1 aromatic carbocycles. The quantitative estimate of drug-likeness (QED) is 0.767. The third kappa shape index (κ3) is 3.17. The van der Waals surface area contributed by atoms with E-state index in [2.05, 4.69) is 20.7 Å². The van der Waals surface area contributed by atoms with Crippen molar-refractivity contribution in [2.45, 2.75) is 6.42 Å². The van der Waals surface area contributed by atoms with Crippen LogP contribution in [0.2, 0.25) is 0 Å². The summed E-state index contributed by atoms with van der Waals surface area (Å²) in [6.45, 7) is 0.546. The Hall–Kier alpha value is -2.89. The Morgan fingerprint density at radius 3 is 2.95 bits per heavy atom. The maximum Gasteiger partial charge on any atom is 0.333 e. The van der Waals surface area contributed by atoms with Crippen LogP contribution in [-0.4, -0.2) is 27.2 Å². The number of pyridine rings is 1. The van der Waals surface area contributed by atoms with E-state index in [1.54, 1.807) is 23.4 Å². The van der Waals surface area contributed by atoms with Crippen molar-refractivity contribution in [3.05, 3.63) is 60.7 Å². The van der Waals surface area contributed by atoms with Gasteiger partial charge >= 0.3 is 6.03 Å². The monoisotopic (exact) mass is 281 g/mol. The number of rotatable bonds is 4. The molecule has 2 N–H and O–H groups in total. The molecule has 0 radical (unpaired) electrons. The predicted molar refractivity (Wildman–Crippen MR) is 80.4 cm³/mol. The molecule has 0 bridgehead atoms. The van der Waals surface area contributed by atoms with Crippen molar-refractivity contribution in [2.24, 2.45) is 0 Å². The van der Waals surface area contributed by atoms with Crippen LogP contribution in [0.25, 0.3) is 11.0 Å². The molecule has 3 aromatic rings. The lowest BCUT2D eigenvalue weighted by molar-refractivity contribution is 0.250. The van der Waals surface area contributed by atoms with E-state index in [0.717, 1.165) is 23.0 Å². The molecule has 6 nitrogen and oxygen atoms in total. The number of aromatic nitrogens is 3. The molecule has 0 saturated heterocycles. The van der Waals surface area contributed by atoms with Crippen molar-refractivity contribution in [1.82, 2.24) is 20.0 Å². The number of amides is 2. The lowest BCUT2D eigenvalue weighted by atomic mass is 10.2. The molecule has 0 aliphatic rings. The van der Waals surface area contributed by atoms with E-state index in [9.17, 15) is 4.79 Å². The zero-order valence-corrected chi connectivity index (χ0v) is 11.4. The molecule has 2 amide bonds. The van der Waals surface area contributed by atoms with Crippen molar-refractivity contribution in [1.29, 1.82) is 0 Å². The van der Waals surface area contributed by atoms with Crippen molar-refractivity contribution in [3.8, 4) is 0 Å². The number of nitrogens with one attached hydrogen (secondary N) is 2. The first kappa shape index (κ1) is 13.1. The minimum Gasteiger partial charge on any atom is -0.336 e. The van der Waals surface area contributed by atoms with Gasteiger partial charge in [-0.15, -0.1) is 0 Å². The van der Waals surface area contributed by atoms with Crippen LogP contribution in [0.1, 0.15) is 5.56 Å². The highest BCUT2D eigenvalue weighted by Gasteiger charge is 2.04. The Balaban J connectivity index is 1.55. The molecule has 0 aliphatic heterocycles. The normalized spacial score (nSPS) is 10.5. The van der Waals surface area contributed by atoms with E-state index >= 15 is 0 Å². The van der Waals surface area contributed by atoms with Crippen LogP contribution in [-0.2, 0) is 6.42 Å². The van der Waals surface area contributed by atoms with Gasteiger partial charge in [0, 0.05) is 18.9 Å². The highest BCUT2D eigenvalue weighted by Crippen LogP contribution is 2.09. The number of carbonyl (C=O) groups excluding carboxylic acids is 1. The lowest BCUT2D eigenvalue weighted by Gasteiger charge is -2.08. The van der Waals surface area contributed by atoms with Gasteiger partial charge in [0.1, 0.15) is 6.33 Å². The highest BCUT2D eigenvalue weighted by molar-refractivity contribution is 5.85. The number of nitrogens with zero attached hydrogens (tertiary/aromatic N) is 3. The highest BCUT2D eigenvalue weighted by atomic mass is 16.2. The van der Waals surface area contributed by atoms with Crippen LogP contribution in [0.3, 0.4) is 0 Å². The first-order valence-electron chi connectivity index (χ1n) is 6.69. The second-order valence-corrected chi connectivity index (χ2v) is 4.58. The van der Waals surface area contributed by atoms with Crippen LogP contribution in [0.5, 0.6) is 0 Å². The smallest absolute Gasteiger partial charge is 0.333 e. The molecular formula is C15H15N5O. The molecule has 0 spiro atoms. The molecule has 21 heavy (non-hydrogen) atoms. The van der Waals surface area contributed by atoms with Gasteiger partial charge in [-0.25, -0.2) is 19.9 Å². The molecule has 106 valence electrons. The van der Waals surface area contributed by atoms with Gasteiger partial charge in [-0.3, -0.25) is 4.98 Å². The molecule has 0 saturated carbocycles. The van der Waals surface area contributed by atoms with Crippen LogP contribution in [0, 0.1) is 0 Å². The number of hydrogen-bond acceptors (Lipinski definition) is 3. The van der Waals surface area contributed by atoms with Crippen molar-refractivity contribution >= 4 is 17.1 Å². The van der Waals surface area contributed by atoms with E-state index in [4.69, 9.17) is 0 Å². The molecule has 2 aromatic heterocycles. The molecule has 3 rings (SSSR count). The molecule has 0 atom stereocenters. The van der Waals surface area contributed by atoms with Crippen molar-refractivity contribution < 1.29 is 4.79 Å². The minimum absolute atomic E-state index is 0.262. The van der Waals surface area contributed by atoms with Gasteiger partial charge in [0.2, 0.25) is 0 Å². The van der Waals surface area contributed by atoms with Gasteiger partial charge in [-0.1, -0.05) is 18.2 Å².